The third-order valence-corrected chi connectivity index (χ3v) is 3.36. The van der Waals surface area contributed by atoms with E-state index in [1.54, 1.807) is 12.4 Å². The Hall–Kier alpha value is -1.40. The minimum absolute atomic E-state index is 0.0777. The fourth-order valence-corrected chi connectivity index (χ4v) is 2.21. The number of carbonyl (C=O) groups excluding carboxylic acids is 1. The highest BCUT2D eigenvalue weighted by Gasteiger charge is 2.29. The third kappa shape index (κ3) is 2.88. The van der Waals surface area contributed by atoms with Gasteiger partial charge in [-0.3, -0.25) is 4.79 Å². The normalized spacial score (nSPS) is 18.7. The molecule has 1 aromatic heterocycles. The van der Waals surface area contributed by atoms with Crippen molar-refractivity contribution >= 4 is 23.5 Å². The number of rotatable bonds is 3. The number of nitrogens with zero attached hydrogens (tertiary/aromatic N) is 3. The second-order valence-electron chi connectivity index (χ2n) is 4.37. The smallest absolute Gasteiger partial charge is 0.246 e. The first-order chi connectivity index (χ1) is 8.58. The molecule has 0 saturated carbocycles. The summed E-state index contributed by atoms with van der Waals surface area (Å²) in [7, 11) is 0. The van der Waals surface area contributed by atoms with E-state index in [0.29, 0.717) is 36.9 Å². The van der Waals surface area contributed by atoms with Gasteiger partial charge in [0.05, 0.1) is 17.4 Å². The lowest BCUT2D eigenvalue weighted by Crippen LogP contribution is -2.43. The number of amides is 1. The topological polar surface area (TPSA) is 92.3 Å². The van der Waals surface area contributed by atoms with Crippen molar-refractivity contribution in [2.24, 2.45) is 11.7 Å². The van der Waals surface area contributed by atoms with Crippen LogP contribution in [0.2, 0.25) is 5.02 Å². The van der Waals surface area contributed by atoms with E-state index in [-0.39, 0.29) is 5.92 Å². The molecule has 2 rings (SSSR count). The van der Waals surface area contributed by atoms with Gasteiger partial charge in [-0.05, 0) is 18.8 Å². The summed E-state index contributed by atoms with van der Waals surface area (Å²) in [6.45, 7) is 1.38. The van der Waals surface area contributed by atoms with Crippen molar-refractivity contribution in [3.05, 3.63) is 17.4 Å². The van der Waals surface area contributed by atoms with Gasteiger partial charge in [0.2, 0.25) is 11.9 Å². The summed E-state index contributed by atoms with van der Waals surface area (Å²) in [4.78, 5) is 21.2. The molecule has 0 bridgehead atoms. The zero-order chi connectivity index (χ0) is 13.1. The average molecular weight is 271 g/mol. The second kappa shape index (κ2) is 5.49. The zero-order valence-corrected chi connectivity index (χ0v) is 10.5. The number of aliphatic hydroxyl groups excluding tert-OH is 1. The van der Waals surface area contributed by atoms with Crippen LogP contribution >= 0.6 is 11.6 Å². The van der Waals surface area contributed by atoms with Crippen molar-refractivity contribution in [1.82, 2.24) is 9.97 Å². The van der Waals surface area contributed by atoms with Gasteiger partial charge in [0, 0.05) is 13.1 Å². The van der Waals surface area contributed by atoms with Gasteiger partial charge in [0.15, 0.2) is 0 Å². The van der Waals surface area contributed by atoms with E-state index in [1.807, 2.05) is 4.90 Å². The van der Waals surface area contributed by atoms with Crippen LogP contribution in [0, 0.1) is 5.92 Å². The number of primary amides is 1. The first-order valence-corrected chi connectivity index (χ1v) is 6.15. The Bertz CT molecular complexity index is 418. The first-order valence-electron chi connectivity index (χ1n) is 5.78. The Morgan fingerprint density at radius 1 is 1.44 bits per heavy atom. The van der Waals surface area contributed by atoms with Gasteiger partial charge in [-0.15, -0.1) is 0 Å². The number of nitrogens with two attached hydrogens (primary N) is 1. The molecule has 0 spiro atoms. The molecule has 1 aromatic rings. The summed E-state index contributed by atoms with van der Waals surface area (Å²) < 4.78 is 0. The summed E-state index contributed by atoms with van der Waals surface area (Å²) in [6.07, 6.45) is 3.42. The van der Waals surface area contributed by atoms with Gasteiger partial charge in [-0.25, -0.2) is 9.97 Å². The van der Waals surface area contributed by atoms with E-state index in [0.717, 1.165) is 0 Å². The minimum Gasteiger partial charge on any atom is -0.383 e. The molecule has 0 unspecified atom stereocenters. The molecule has 3 N–H and O–H groups in total. The largest absolute Gasteiger partial charge is 0.383 e. The van der Waals surface area contributed by atoms with Crippen LogP contribution in [0.4, 0.5) is 5.95 Å². The number of aromatic nitrogens is 2. The summed E-state index contributed by atoms with van der Waals surface area (Å²) >= 11 is 5.72. The van der Waals surface area contributed by atoms with E-state index in [2.05, 4.69) is 9.97 Å². The van der Waals surface area contributed by atoms with Crippen LogP contribution in [0.25, 0.3) is 0 Å². The summed E-state index contributed by atoms with van der Waals surface area (Å²) in [5.74, 6) is -0.117. The van der Waals surface area contributed by atoms with Gasteiger partial charge in [0.1, 0.15) is 6.10 Å². The van der Waals surface area contributed by atoms with Crippen molar-refractivity contribution in [1.29, 1.82) is 0 Å². The molecule has 0 radical (unpaired) electrons. The van der Waals surface area contributed by atoms with Crippen molar-refractivity contribution in [2.75, 3.05) is 18.0 Å². The van der Waals surface area contributed by atoms with Crippen molar-refractivity contribution in [3.63, 3.8) is 0 Å². The molecule has 2 heterocycles. The van der Waals surface area contributed by atoms with Crippen LogP contribution in [-0.2, 0) is 4.79 Å². The van der Waals surface area contributed by atoms with E-state index < -0.39 is 12.0 Å². The van der Waals surface area contributed by atoms with Gasteiger partial charge in [-0.1, -0.05) is 11.6 Å². The molecular weight excluding hydrogens is 256 g/mol. The van der Waals surface area contributed by atoms with Gasteiger partial charge >= 0.3 is 0 Å². The maximum atomic E-state index is 10.9. The van der Waals surface area contributed by atoms with Gasteiger partial charge in [-0.2, -0.15) is 0 Å². The lowest BCUT2D eigenvalue weighted by molar-refractivity contribution is -0.129. The SMILES string of the molecule is NC(=O)[C@@H](O)C1CCN(c2ncc(Cl)cn2)CC1. The van der Waals surface area contributed by atoms with Crippen LogP contribution in [0.5, 0.6) is 0 Å². The van der Waals surface area contributed by atoms with E-state index >= 15 is 0 Å². The van der Waals surface area contributed by atoms with Crippen LogP contribution in [0.3, 0.4) is 0 Å². The molecule has 7 heteroatoms. The number of aliphatic hydroxyl groups is 1. The maximum absolute atomic E-state index is 10.9. The monoisotopic (exact) mass is 270 g/mol. The summed E-state index contributed by atoms with van der Waals surface area (Å²) in [5.41, 5.74) is 5.09. The van der Waals surface area contributed by atoms with Gasteiger partial charge in [0.25, 0.3) is 0 Å². The molecule has 1 fully saturated rings. The Labute approximate surface area is 110 Å². The Balaban J connectivity index is 1.94. The lowest BCUT2D eigenvalue weighted by Gasteiger charge is -2.33. The number of halogens is 1. The molecule has 18 heavy (non-hydrogen) atoms. The second-order valence-corrected chi connectivity index (χ2v) is 4.81. The van der Waals surface area contributed by atoms with Crippen molar-refractivity contribution in [3.8, 4) is 0 Å². The van der Waals surface area contributed by atoms with Crippen molar-refractivity contribution < 1.29 is 9.90 Å². The highest BCUT2D eigenvalue weighted by molar-refractivity contribution is 6.30. The van der Waals surface area contributed by atoms with E-state index in [4.69, 9.17) is 17.3 Å². The lowest BCUT2D eigenvalue weighted by atomic mass is 9.91. The molecule has 1 saturated heterocycles. The Morgan fingerprint density at radius 3 is 2.50 bits per heavy atom. The molecule has 1 amide bonds. The average Bonchev–Trinajstić information content (AvgIpc) is 2.39. The molecule has 0 aromatic carbocycles. The van der Waals surface area contributed by atoms with Gasteiger partial charge < -0.3 is 15.7 Å². The molecule has 1 aliphatic rings. The molecule has 1 atom stereocenters. The number of hydrogen-bond acceptors (Lipinski definition) is 5. The van der Waals surface area contributed by atoms with Crippen LogP contribution < -0.4 is 10.6 Å². The van der Waals surface area contributed by atoms with E-state index in [1.165, 1.54) is 0 Å². The highest BCUT2D eigenvalue weighted by atomic mass is 35.5. The zero-order valence-electron chi connectivity index (χ0n) is 9.79. The Kier molecular flexibility index (Phi) is 3.98. The molecule has 98 valence electrons. The standard InChI is InChI=1S/C11H15ClN4O2/c12-8-5-14-11(15-6-8)16-3-1-7(2-4-16)9(17)10(13)18/h5-7,9,17H,1-4H2,(H2,13,18)/t9-/m0/s1. The fourth-order valence-electron chi connectivity index (χ4n) is 2.12. The summed E-state index contributed by atoms with van der Waals surface area (Å²) in [6, 6.07) is 0. The molecule has 1 aliphatic heterocycles. The van der Waals surface area contributed by atoms with E-state index in [9.17, 15) is 9.90 Å². The minimum atomic E-state index is -1.06. The fraction of sp³-hybridized carbons (Fsp3) is 0.545. The molecular formula is C11H15ClN4O2. The third-order valence-electron chi connectivity index (χ3n) is 3.17. The predicted molar refractivity (Wildman–Crippen MR) is 67.2 cm³/mol. The maximum Gasteiger partial charge on any atom is 0.246 e. The highest BCUT2D eigenvalue weighted by Crippen LogP contribution is 2.23. The van der Waals surface area contributed by atoms with Crippen LogP contribution in [0.1, 0.15) is 12.8 Å². The number of anilines is 1. The summed E-state index contributed by atoms with van der Waals surface area (Å²) in [5, 5.41) is 10.1. The number of carbonyl (C=O) groups is 1. The van der Waals surface area contributed by atoms with Crippen molar-refractivity contribution in [2.45, 2.75) is 18.9 Å². The quantitative estimate of drug-likeness (QED) is 0.818. The number of piperidine rings is 1. The first kappa shape index (κ1) is 13.0. The molecule has 6 nitrogen and oxygen atoms in total. The predicted octanol–water partition coefficient (Wildman–Crippen LogP) is 0.193. The van der Waals surface area contributed by atoms with Crippen LogP contribution in [-0.4, -0.2) is 40.2 Å². The van der Waals surface area contributed by atoms with Crippen LogP contribution in [0.15, 0.2) is 12.4 Å². The molecule has 0 aliphatic carbocycles. The Morgan fingerprint density at radius 2 is 2.00 bits per heavy atom. The number of hydrogen-bond donors (Lipinski definition) is 2.